The summed E-state index contributed by atoms with van der Waals surface area (Å²) in [4.78, 5) is 25.0. The molecule has 25 heavy (non-hydrogen) atoms. The molecule has 1 unspecified atom stereocenters. The van der Waals surface area contributed by atoms with Gasteiger partial charge in [-0.1, -0.05) is 32.1 Å². The van der Waals surface area contributed by atoms with Crippen molar-refractivity contribution in [3.05, 3.63) is 33.9 Å². The minimum atomic E-state index is -0.226. The van der Waals surface area contributed by atoms with Crippen molar-refractivity contribution in [3.63, 3.8) is 0 Å². The maximum Gasteiger partial charge on any atom is 0.270 e. The second-order valence-corrected chi connectivity index (χ2v) is 7.32. The van der Waals surface area contributed by atoms with Crippen LogP contribution in [0.25, 0.3) is 0 Å². The number of anilines is 1. The molecule has 1 amide bonds. The molecule has 1 aliphatic carbocycles. The van der Waals surface area contributed by atoms with Crippen molar-refractivity contribution in [2.75, 3.05) is 5.32 Å². The molecular weight excluding hydrogens is 318 g/mol. The van der Waals surface area contributed by atoms with Crippen LogP contribution in [0.1, 0.15) is 74.5 Å². The first kappa shape index (κ1) is 16.2. The number of carbonyl (C=O) groups excluding carboxylic acids is 1. The Balaban J connectivity index is 1.74. The number of hydrogen-bond donors (Lipinski definition) is 2. The van der Waals surface area contributed by atoms with Crippen molar-refractivity contribution in [2.24, 2.45) is 7.05 Å². The van der Waals surface area contributed by atoms with Gasteiger partial charge in [0.25, 0.3) is 5.56 Å². The Kier molecular flexibility index (Phi) is 4.23. The second kappa shape index (κ2) is 6.54. The summed E-state index contributed by atoms with van der Waals surface area (Å²) < 4.78 is 3.64. The zero-order chi connectivity index (χ0) is 17.4. The van der Waals surface area contributed by atoms with E-state index in [0.29, 0.717) is 11.4 Å². The number of nitrogens with one attached hydrogen (secondary N) is 2. The first-order valence-corrected chi connectivity index (χ1v) is 9.26. The number of amides is 1. The van der Waals surface area contributed by atoms with Gasteiger partial charge < -0.3 is 5.32 Å². The van der Waals surface area contributed by atoms with Crippen LogP contribution in [-0.4, -0.2) is 25.5 Å². The van der Waals surface area contributed by atoms with Gasteiger partial charge >= 0.3 is 0 Å². The molecule has 134 valence electrons. The van der Waals surface area contributed by atoms with Crippen molar-refractivity contribution in [2.45, 2.75) is 63.3 Å². The number of carbonyl (C=O) groups is 1. The molecule has 1 atom stereocenters. The number of hydrogen-bond acceptors (Lipinski definition) is 3. The van der Waals surface area contributed by atoms with Gasteiger partial charge in [0, 0.05) is 25.6 Å². The third-order valence-electron chi connectivity index (χ3n) is 5.53. The third kappa shape index (κ3) is 3.03. The monoisotopic (exact) mass is 343 g/mol. The van der Waals surface area contributed by atoms with Gasteiger partial charge in [0.1, 0.15) is 5.82 Å². The fourth-order valence-electron chi connectivity index (χ4n) is 4.26. The Morgan fingerprint density at radius 3 is 2.52 bits per heavy atom. The highest BCUT2D eigenvalue weighted by Gasteiger charge is 2.34. The standard InChI is InChI=1S/C18H25N5O2/c1-22-11-12(10-19-22)14-9-15(24)20-17-16(14)18(25)21-23(17)13-7-5-3-2-4-6-8-13/h10-11,13-14H,2-9H2,1H3,(H,20,24)(H,21,25). The highest BCUT2D eigenvalue weighted by molar-refractivity contribution is 5.94. The Morgan fingerprint density at radius 1 is 1.12 bits per heavy atom. The predicted octanol–water partition coefficient (Wildman–Crippen LogP) is 2.67. The Hall–Kier alpha value is -2.31. The van der Waals surface area contributed by atoms with E-state index >= 15 is 0 Å². The van der Waals surface area contributed by atoms with Crippen molar-refractivity contribution < 1.29 is 4.79 Å². The second-order valence-electron chi connectivity index (χ2n) is 7.32. The first-order chi connectivity index (χ1) is 12.1. The number of fused-ring (bicyclic) bond motifs is 1. The van der Waals surface area contributed by atoms with Gasteiger partial charge in [-0.3, -0.25) is 24.1 Å². The molecule has 7 nitrogen and oxygen atoms in total. The van der Waals surface area contributed by atoms with Gasteiger partial charge in [-0.15, -0.1) is 0 Å². The van der Waals surface area contributed by atoms with E-state index in [1.165, 1.54) is 32.1 Å². The van der Waals surface area contributed by atoms with E-state index in [2.05, 4.69) is 15.5 Å². The van der Waals surface area contributed by atoms with Crippen LogP contribution in [0.3, 0.4) is 0 Å². The summed E-state index contributed by atoms with van der Waals surface area (Å²) in [5, 5.41) is 10.2. The minimum Gasteiger partial charge on any atom is -0.311 e. The molecule has 2 aliphatic rings. The fraction of sp³-hybridized carbons (Fsp3) is 0.611. The highest BCUT2D eigenvalue weighted by atomic mass is 16.2. The lowest BCUT2D eigenvalue weighted by molar-refractivity contribution is -0.116. The summed E-state index contributed by atoms with van der Waals surface area (Å²) in [6.45, 7) is 0. The lowest BCUT2D eigenvalue weighted by Gasteiger charge is -2.26. The van der Waals surface area contributed by atoms with E-state index in [4.69, 9.17) is 0 Å². The first-order valence-electron chi connectivity index (χ1n) is 9.26. The van der Waals surface area contributed by atoms with Gasteiger partial charge in [0.15, 0.2) is 0 Å². The number of aromatic amines is 1. The van der Waals surface area contributed by atoms with E-state index in [9.17, 15) is 9.59 Å². The predicted molar refractivity (Wildman–Crippen MR) is 94.7 cm³/mol. The number of nitrogens with zero attached hydrogens (tertiary/aromatic N) is 3. The molecule has 0 aromatic carbocycles. The van der Waals surface area contributed by atoms with Gasteiger partial charge in [0.05, 0.1) is 17.8 Å². The number of aromatic nitrogens is 4. The van der Waals surface area contributed by atoms with Crippen LogP contribution in [0.15, 0.2) is 17.2 Å². The van der Waals surface area contributed by atoms with Crippen LogP contribution in [0.2, 0.25) is 0 Å². The van der Waals surface area contributed by atoms with Crippen molar-refractivity contribution in [1.82, 2.24) is 19.6 Å². The molecule has 1 aliphatic heterocycles. The Bertz CT molecular complexity index is 823. The summed E-state index contributed by atoms with van der Waals surface area (Å²) in [6, 6.07) is 0.254. The number of aryl methyl sites for hydroxylation is 1. The molecule has 3 heterocycles. The average molecular weight is 343 g/mol. The average Bonchev–Trinajstić information content (AvgIpc) is 3.11. The van der Waals surface area contributed by atoms with Crippen LogP contribution >= 0.6 is 0 Å². The van der Waals surface area contributed by atoms with Crippen LogP contribution < -0.4 is 10.9 Å². The molecule has 0 spiro atoms. The molecule has 2 aromatic heterocycles. The molecule has 7 heteroatoms. The van der Waals surface area contributed by atoms with Crippen molar-refractivity contribution >= 4 is 11.7 Å². The van der Waals surface area contributed by atoms with E-state index in [-0.39, 0.29) is 29.8 Å². The maximum absolute atomic E-state index is 12.7. The Labute approximate surface area is 146 Å². The summed E-state index contributed by atoms with van der Waals surface area (Å²) in [5.74, 6) is 0.400. The van der Waals surface area contributed by atoms with Crippen LogP contribution in [0, 0.1) is 0 Å². The van der Waals surface area contributed by atoms with E-state index in [0.717, 1.165) is 18.4 Å². The number of rotatable bonds is 2. The van der Waals surface area contributed by atoms with Gasteiger partial charge in [-0.25, -0.2) is 0 Å². The summed E-state index contributed by atoms with van der Waals surface area (Å²) >= 11 is 0. The van der Waals surface area contributed by atoms with Crippen LogP contribution in [0.5, 0.6) is 0 Å². The minimum absolute atomic E-state index is 0.0417. The van der Waals surface area contributed by atoms with E-state index in [1.54, 1.807) is 10.9 Å². The SMILES string of the molecule is Cn1cc(C2CC(=O)Nc3c2c(=O)[nH]n3C2CCCCCCC2)cn1. The topological polar surface area (TPSA) is 84.7 Å². The molecule has 2 aromatic rings. The molecule has 0 saturated heterocycles. The Morgan fingerprint density at radius 2 is 1.84 bits per heavy atom. The van der Waals surface area contributed by atoms with Crippen molar-refractivity contribution in [1.29, 1.82) is 0 Å². The zero-order valence-electron chi connectivity index (χ0n) is 14.6. The zero-order valence-corrected chi connectivity index (χ0v) is 14.6. The number of H-pyrrole nitrogens is 1. The van der Waals surface area contributed by atoms with Gasteiger partial charge in [-0.2, -0.15) is 5.10 Å². The lowest BCUT2D eigenvalue weighted by atomic mass is 9.89. The smallest absolute Gasteiger partial charge is 0.270 e. The lowest BCUT2D eigenvalue weighted by Crippen LogP contribution is -2.27. The molecule has 0 bridgehead atoms. The van der Waals surface area contributed by atoms with E-state index < -0.39 is 0 Å². The molecule has 0 radical (unpaired) electrons. The summed E-state index contributed by atoms with van der Waals surface area (Å²) in [7, 11) is 1.84. The molecule has 2 N–H and O–H groups in total. The highest BCUT2D eigenvalue weighted by Crippen LogP contribution is 2.37. The maximum atomic E-state index is 12.7. The summed E-state index contributed by atoms with van der Waals surface area (Å²) in [6.07, 6.45) is 12.1. The molecular formula is C18H25N5O2. The normalized spacial score (nSPS) is 22.1. The largest absolute Gasteiger partial charge is 0.311 e. The third-order valence-corrected chi connectivity index (χ3v) is 5.53. The molecule has 4 rings (SSSR count). The van der Waals surface area contributed by atoms with Crippen LogP contribution in [0.4, 0.5) is 5.82 Å². The molecule has 1 saturated carbocycles. The quantitative estimate of drug-likeness (QED) is 0.879. The molecule has 1 fully saturated rings. The van der Waals surface area contributed by atoms with E-state index in [1.807, 2.05) is 17.9 Å². The van der Waals surface area contributed by atoms with Gasteiger partial charge in [0.2, 0.25) is 5.91 Å². The van der Waals surface area contributed by atoms with Crippen molar-refractivity contribution in [3.8, 4) is 0 Å². The summed E-state index contributed by atoms with van der Waals surface area (Å²) in [5.41, 5.74) is 1.50. The fourth-order valence-corrected chi connectivity index (χ4v) is 4.26. The van der Waals surface area contributed by atoms with Crippen LogP contribution in [-0.2, 0) is 11.8 Å². The van der Waals surface area contributed by atoms with Gasteiger partial charge in [-0.05, 0) is 18.4 Å².